The molecular weight excluding hydrogens is 275 g/mol. The molecule has 4 rings (SSSR count). The van der Waals surface area contributed by atoms with Gasteiger partial charge in [0.05, 0.1) is 0 Å². The van der Waals surface area contributed by atoms with Crippen LogP contribution in [0.2, 0.25) is 0 Å². The first-order valence-electron chi connectivity index (χ1n) is 9.18. The molecule has 0 heterocycles. The lowest BCUT2D eigenvalue weighted by Gasteiger charge is -2.57. The van der Waals surface area contributed by atoms with Gasteiger partial charge in [-0.3, -0.25) is 4.79 Å². The standard InChI is InChI=1S/C20H29FO/c1-18(21)10-11-19(2)13(12-18)4-5-14-15-6-7-17(22)20(15,3)9-8-16(14)19/h4,14-16H,5-12H2,1-3H3/t14-,15-,16-,18?,19-,20-/m0/s1. The number of carbonyl (C=O) groups excluding carboxylic acids is 1. The Balaban J connectivity index is 1.69. The zero-order valence-electron chi connectivity index (χ0n) is 14.3. The van der Waals surface area contributed by atoms with Crippen LogP contribution in [0.25, 0.3) is 0 Å². The van der Waals surface area contributed by atoms with Crippen molar-refractivity contribution in [1.29, 1.82) is 0 Å². The van der Waals surface area contributed by atoms with Crippen LogP contribution in [0.5, 0.6) is 0 Å². The summed E-state index contributed by atoms with van der Waals surface area (Å²) in [7, 11) is 0. The minimum Gasteiger partial charge on any atom is -0.299 e. The molecule has 6 atom stereocenters. The first-order valence-corrected chi connectivity index (χ1v) is 9.18. The lowest BCUT2D eigenvalue weighted by molar-refractivity contribution is -0.132. The van der Waals surface area contributed by atoms with E-state index in [4.69, 9.17) is 0 Å². The molecule has 122 valence electrons. The number of hydrogen-bond donors (Lipinski definition) is 0. The molecule has 3 fully saturated rings. The zero-order valence-corrected chi connectivity index (χ0v) is 14.3. The number of fused-ring (bicyclic) bond motifs is 5. The molecule has 0 spiro atoms. The van der Waals surface area contributed by atoms with Crippen LogP contribution in [0.15, 0.2) is 11.6 Å². The first-order chi connectivity index (χ1) is 10.3. The summed E-state index contributed by atoms with van der Waals surface area (Å²) in [6.45, 7) is 6.39. The highest BCUT2D eigenvalue weighted by Crippen LogP contribution is 2.64. The van der Waals surface area contributed by atoms with Crippen molar-refractivity contribution in [3.05, 3.63) is 11.6 Å². The van der Waals surface area contributed by atoms with Crippen LogP contribution in [0.3, 0.4) is 0 Å². The van der Waals surface area contributed by atoms with Crippen LogP contribution >= 0.6 is 0 Å². The molecule has 0 amide bonds. The number of rotatable bonds is 0. The van der Waals surface area contributed by atoms with Crippen LogP contribution in [0.4, 0.5) is 4.39 Å². The fraction of sp³-hybridized carbons (Fsp3) is 0.850. The summed E-state index contributed by atoms with van der Waals surface area (Å²) in [5.41, 5.74) is 0.524. The SMILES string of the molecule is CC1(F)CC[C@@]2(C)C(=CC[C@@H]3[C@@H]2CC[C@]2(C)C(=O)CC[C@@H]32)C1. The highest BCUT2D eigenvalue weighted by atomic mass is 19.1. The monoisotopic (exact) mass is 304 g/mol. The van der Waals surface area contributed by atoms with E-state index in [2.05, 4.69) is 19.9 Å². The van der Waals surface area contributed by atoms with Crippen molar-refractivity contribution in [3.8, 4) is 0 Å². The smallest absolute Gasteiger partial charge is 0.139 e. The maximum Gasteiger partial charge on any atom is 0.139 e. The topological polar surface area (TPSA) is 17.1 Å². The fourth-order valence-electron chi connectivity index (χ4n) is 6.55. The van der Waals surface area contributed by atoms with E-state index in [9.17, 15) is 9.18 Å². The summed E-state index contributed by atoms with van der Waals surface area (Å²) in [5, 5.41) is 0. The summed E-state index contributed by atoms with van der Waals surface area (Å²) in [6.07, 6.45) is 9.89. The van der Waals surface area contributed by atoms with E-state index in [1.807, 2.05) is 0 Å². The normalized spacial score (nSPS) is 54.3. The molecule has 22 heavy (non-hydrogen) atoms. The maximum atomic E-state index is 14.5. The van der Waals surface area contributed by atoms with Crippen molar-refractivity contribution in [3.63, 3.8) is 0 Å². The van der Waals surface area contributed by atoms with Crippen LogP contribution in [0.1, 0.15) is 72.1 Å². The zero-order chi connectivity index (χ0) is 15.8. The summed E-state index contributed by atoms with van der Waals surface area (Å²) in [6, 6.07) is 0. The van der Waals surface area contributed by atoms with Gasteiger partial charge in [0.1, 0.15) is 11.5 Å². The number of halogens is 1. The summed E-state index contributed by atoms with van der Waals surface area (Å²) >= 11 is 0. The van der Waals surface area contributed by atoms with Gasteiger partial charge >= 0.3 is 0 Å². The molecule has 4 aliphatic rings. The molecule has 1 unspecified atom stereocenters. The van der Waals surface area contributed by atoms with Crippen molar-refractivity contribution in [2.45, 2.75) is 77.8 Å². The van der Waals surface area contributed by atoms with E-state index in [0.717, 1.165) is 32.1 Å². The largest absolute Gasteiger partial charge is 0.299 e. The molecule has 0 radical (unpaired) electrons. The third kappa shape index (κ3) is 1.85. The number of allylic oxidation sites excluding steroid dienone is 2. The van der Waals surface area contributed by atoms with Gasteiger partial charge in [-0.15, -0.1) is 0 Å². The van der Waals surface area contributed by atoms with Crippen LogP contribution in [-0.2, 0) is 4.79 Å². The van der Waals surface area contributed by atoms with Gasteiger partial charge in [-0.25, -0.2) is 4.39 Å². The lowest BCUT2D eigenvalue weighted by Crippen LogP contribution is -2.51. The van der Waals surface area contributed by atoms with Crippen molar-refractivity contribution in [1.82, 2.24) is 0 Å². The van der Waals surface area contributed by atoms with Crippen molar-refractivity contribution >= 4 is 5.78 Å². The quantitative estimate of drug-likeness (QED) is 0.559. The molecule has 0 saturated heterocycles. The van der Waals surface area contributed by atoms with Gasteiger partial charge in [0.25, 0.3) is 0 Å². The Hall–Kier alpha value is -0.660. The van der Waals surface area contributed by atoms with Crippen molar-refractivity contribution in [2.75, 3.05) is 0 Å². The average molecular weight is 304 g/mol. The molecule has 0 bridgehead atoms. The van der Waals surface area contributed by atoms with E-state index in [-0.39, 0.29) is 10.8 Å². The summed E-state index contributed by atoms with van der Waals surface area (Å²) in [5.74, 6) is 2.42. The Morgan fingerprint density at radius 3 is 2.55 bits per heavy atom. The maximum absolute atomic E-state index is 14.5. The molecule has 0 aromatic heterocycles. The van der Waals surface area contributed by atoms with Gasteiger partial charge in [0.15, 0.2) is 0 Å². The number of alkyl halides is 1. The van der Waals surface area contributed by atoms with E-state index < -0.39 is 5.67 Å². The Bertz CT molecular complexity index is 548. The Morgan fingerprint density at radius 2 is 1.77 bits per heavy atom. The van der Waals surface area contributed by atoms with Gasteiger partial charge in [-0.2, -0.15) is 0 Å². The lowest BCUT2D eigenvalue weighted by atomic mass is 9.47. The predicted molar refractivity (Wildman–Crippen MR) is 86.2 cm³/mol. The Kier molecular flexibility index (Phi) is 3.02. The van der Waals surface area contributed by atoms with Crippen LogP contribution < -0.4 is 0 Å². The van der Waals surface area contributed by atoms with Crippen LogP contribution in [-0.4, -0.2) is 11.5 Å². The van der Waals surface area contributed by atoms with Gasteiger partial charge < -0.3 is 0 Å². The van der Waals surface area contributed by atoms with E-state index in [1.165, 1.54) is 12.0 Å². The van der Waals surface area contributed by atoms with E-state index in [0.29, 0.717) is 36.4 Å². The molecule has 0 aromatic carbocycles. The average Bonchev–Trinajstić information content (AvgIpc) is 2.76. The number of ketones is 1. The van der Waals surface area contributed by atoms with Gasteiger partial charge in [-0.05, 0) is 68.6 Å². The molecule has 0 aromatic rings. The molecule has 0 N–H and O–H groups in total. The predicted octanol–water partition coefficient (Wildman–Crippen LogP) is 5.25. The molecule has 1 nitrogen and oxygen atoms in total. The second-order valence-electron chi connectivity index (χ2n) is 9.27. The van der Waals surface area contributed by atoms with Crippen LogP contribution in [0, 0.1) is 28.6 Å². The second kappa shape index (κ2) is 4.45. The summed E-state index contributed by atoms with van der Waals surface area (Å²) < 4.78 is 14.5. The van der Waals surface area contributed by atoms with Crippen molar-refractivity contribution < 1.29 is 9.18 Å². The fourth-order valence-corrected chi connectivity index (χ4v) is 6.55. The highest BCUT2D eigenvalue weighted by molar-refractivity contribution is 5.87. The second-order valence-corrected chi connectivity index (χ2v) is 9.27. The number of Topliss-reactive ketones (excluding diaryl/α,β-unsaturated/α-hetero) is 1. The van der Waals surface area contributed by atoms with Gasteiger partial charge in [-0.1, -0.05) is 25.5 Å². The highest BCUT2D eigenvalue weighted by Gasteiger charge is 2.59. The molecule has 4 aliphatic carbocycles. The van der Waals surface area contributed by atoms with Crippen molar-refractivity contribution in [2.24, 2.45) is 28.6 Å². The van der Waals surface area contributed by atoms with E-state index in [1.54, 1.807) is 6.92 Å². The summed E-state index contributed by atoms with van der Waals surface area (Å²) in [4.78, 5) is 12.4. The minimum atomic E-state index is -1.01. The molecule has 2 heteroatoms. The third-order valence-electron chi connectivity index (χ3n) is 8.06. The third-order valence-corrected chi connectivity index (χ3v) is 8.06. The number of carbonyl (C=O) groups is 1. The first kappa shape index (κ1) is 14.9. The minimum absolute atomic E-state index is 0.0495. The molecular formula is C20H29FO. The Morgan fingerprint density at radius 1 is 1.05 bits per heavy atom. The molecule has 3 saturated carbocycles. The van der Waals surface area contributed by atoms with Gasteiger partial charge in [0.2, 0.25) is 0 Å². The van der Waals surface area contributed by atoms with Gasteiger partial charge in [0, 0.05) is 18.3 Å². The Labute approximate surface area is 133 Å². The molecule has 0 aliphatic heterocycles. The van der Waals surface area contributed by atoms with E-state index >= 15 is 0 Å². The number of hydrogen-bond acceptors (Lipinski definition) is 1.